The minimum atomic E-state index is 0.545. The van der Waals surface area contributed by atoms with Crippen molar-refractivity contribution < 1.29 is 9.47 Å². The van der Waals surface area contributed by atoms with Crippen molar-refractivity contribution in [1.82, 2.24) is 0 Å². The van der Waals surface area contributed by atoms with Crippen LogP contribution in [0.4, 0.5) is 0 Å². The van der Waals surface area contributed by atoms with Crippen LogP contribution >= 0.6 is 0 Å². The maximum atomic E-state index is 6.61. The van der Waals surface area contributed by atoms with Gasteiger partial charge in [-0.3, -0.25) is 0 Å². The van der Waals surface area contributed by atoms with Crippen molar-refractivity contribution in [2.75, 3.05) is 0 Å². The highest BCUT2D eigenvalue weighted by atomic mass is 16.5. The number of hydrogen-bond acceptors (Lipinski definition) is 2. The fourth-order valence-electron chi connectivity index (χ4n) is 7.91. The minimum Gasteiger partial charge on any atom is -0.375 e. The summed E-state index contributed by atoms with van der Waals surface area (Å²) in [5, 5.41) is 0. The number of ether oxygens (including phenoxy) is 2. The first-order chi connectivity index (χ1) is 14.4. The molecule has 4 aliphatic carbocycles. The molecule has 0 bridgehead atoms. The van der Waals surface area contributed by atoms with E-state index in [4.69, 9.17) is 9.47 Å². The van der Waals surface area contributed by atoms with Crippen LogP contribution in [0.25, 0.3) is 0 Å². The Kier molecular flexibility index (Phi) is 8.23. The molecule has 0 N–H and O–H groups in total. The maximum absolute atomic E-state index is 6.61. The van der Waals surface area contributed by atoms with Crippen molar-refractivity contribution in [3.05, 3.63) is 0 Å². The average Bonchev–Trinajstić information content (AvgIpc) is 2.68. The van der Waals surface area contributed by atoms with Crippen molar-refractivity contribution >= 4 is 0 Å². The second kappa shape index (κ2) is 10.7. The molecule has 2 nitrogen and oxygen atoms in total. The van der Waals surface area contributed by atoms with E-state index in [1.54, 1.807) is 0 Å². The van der Waals surface area contributed by atoms with Gasteiger partial charge in [0.2, 0.25) is 0 Å². The van der Waals surface area contributed by atoms with Gasteiger partial charge in [-0.05, 0) is 125 Å². The maximum Gasteiger partial charge on any atom is 0.0584 e. The normalized spacial score (nSPS) is 48.4. The lowest BCUT2D eigenvalue weighted by Crippen LogP contribution is -2.35. The van der Waals surface area contributed by atoms with Gasteiger partial charge in [0, 0.05) is 0 Å². The zero-order valence-electron chi connectivity index (χ0n) is 20.5. The van der Waals surface area contributed by atoms with Crippen LogP contribution in [0.3, 0.4) is 0 Å². The smallest absolute Gasteiger partial charge is 0.0584 e. The van der Waals surface area contributed by atoms with Gasteiger partial charge in [-0.1, -0.05) is 27.7 Å². The largest absolute Gasteiger partial charge is 0.375 e. The third kappa shape index (κ3) is 6.47. The summed E-state index contributed by atoms with van der Waals surface area (Å²) in [6.45, 7) is 9.66. The highest BCUT2D eigenvalue weighted by Gasteiger charge is 2.34. The molecule has 0 saturated heterocycles. The second-order valence-corrected chi connectivity index (χ2v) is 12.4. The Bertz CT molecular complexity index is 437. The van der Waals surface area contributed by atoms with Gasteiger partial charge in [0.25, 0.3) is 0 Å². The Morgan fingerprint density at radius 1 is 0.367 bits per heavy atom. The van der Waals surface area contributed by atoms with Gasteiger partial charge in [-0.15, -0.1) is 0 Å². The van der Waals surface area contributed by atoms with Crippen molar-refractivity contribution in [1.29, 1.82) is 0 Å². The van der Waals surface area contributed by atoms with Gasteiger partial charge in [0.1, 0.15) is 0 Å². The van der Waals surface area contributed by atoms with Crippen LogP contribution in [-0.2, 0) is 9.47 Å². The molecule has 0 aromatic rings. The van der Waals surface area contributed by atoms with Gasteiger partial charge in [-0.2, -0.15) is 0 Å². The molecule has 4 atom stereocenters. The van der Waals surface area contributed by atoms with Gasteiger partial charge >= 0.3 is 0 Å². The van der Waals surface area contributed by atoms with E-state index in [0.29, 0.717) is 24.4 Å². The zero-order valence-corrected chi connectivity index (χ0v) is 20.5. The van der Waals surface area contributed by atoms with Crippen LogP contribution in [0.5, 0.6) is 0 Å². The number of rotatable bonds is 5. The highest BCUT2D eigenvalue weighted by molar-refractivity contribution is 4.85. The van der Waals surface area contributed by atoms with Crippen molar-refractivity contribution in [2.45, 2.75) is 142 Å². The summed E-state index contributed by atoms with van der Waals surface area (Å²) < 4.78 is 13.2. The molecule has 4 unspecified atom stereocenters. The van der Waals surface area contributed by atoms with Crippen molar-refractivity contribution in [3.8, 4) is 0 Å². The molecular weight excluding hydrogens is 368 g/mol. The molecule has 4 aliphatic rings. The predicted molar refractivity (Wildman–Crippen MR) is 126 cm³/mol. The first-order valence-corrected chi connectivity index (χ1v) is 13.8. The van der Waals surface area contributed by atoms with Crippen LogP contribution in [0.1, 0.15) is 118 Å². The third-order valence-corrected chi connectivity index (χ3v) is 9.14. The molecule has 0 heterocycles. The lowest BCUT2D eigenvalue weighted by molar-refractivity contribution is -0.0809. The molecule has 0 spiro atoms. The molecule has 4 fully saturated rings. The Hall–Kier alpha value is -0.0800. The molecule has 30 heavy (non-hydrogen) atoms. The summed E-state index contributed by atoms with van der Waals surface area (Å²) in [6.07, 6.45) is 21.1. The van der Waals surface area contributed by atoms with Crippen LogP contribution in [0, 0.1) is 35.5 Å². The first kappa shape index (κ1) is 23.1. The predicted octanol–water partition coefficient (Wildman–Crippen LogP) is 7.79. The minimum absolute atomic E-state index is 0.545. The van der Waals surface area contributed by atoms with E-state index in [2.05, 4.69) is 27.7 Å². The molecule has 0 aromatic carbocycles. The Morgan fingerprint density at radius 2 is 0.667 bits per heavy atom. The van der Waals surface area contributed by atoms with Crippen LogP contribution in [0.15, 0.2) is 0 Å². The molecule has 4 saturated carbocycles. The average molecular weight is 419 g/mol. The molecule has 0 amide bonds. The quantitative estimate of drug-likeness (QED) is 0.453. The summed E-state index contributed by atoms with van der Waals surface area (Å²) in [6, 6.07) is 0. The standard InChI is InChI=1S/C28H50O2/c1-19-13-20(2)16-27(15-19)29-25-9-5-23(6-10-25)24-7-11-26(12-8-24)30-28-17-21(3)14-22(4)18-28/h19-28H,5-18H2,1-4H3. The van der Waals surface area contributed by atoms with Crippen molar-refractivity contribution in [3.63, 3.8) is 0 Å². The highest BCUT2D eigenvalue weighted by Crippen LogP contribution is 2.42. The van der Waals surface area contributed by atoms with Gasteiger partial charge in [-0.25, -0.2) is 0 Å². The van der Waals surface area contributed by atoms with E-state index in [1.165, 1.54) is 89.9 Å². The van der Waals surface area contributed by atoms with Gasteiger partial charge < -0.3 is 9.47 Å². The van der Waals surface area contributed by atoms with Crippen LogP contribution < -0.4 is 0 Å². The van der Waals surface area contributed by atoms with E-state index in [9.17, 15) is 0 Å². The summed E-state index contributed by atoms with van der Waals surface area (Å²) in [5.41, 5.74) is 0. The molecular formula is C28H50O2. The van der Waals surface area contributed by atoms with Crippen LogP contribution in [0.2, 0.25) is 0 Å². The van der Waals surface area contributed by atoms with E-state index < -0.39 is 0 Å². The van der Waals surface area contributed by atoms with E-state index in [1.807, 2.05) is 0 Å². The lowest BCUT2D eigenvalue weighted by Gasteiger charge is -2.41. The first-order valence-electron chi connectivity index (χ1n) is 13.8. The fourth-order valence-corrected chi connectivity index (χ4v) is 7.91. The van der Waals surface area contributed by atoms with E-state index >= 15 is 0 Å². The zero-order chi connectivity index (χ0) is 21.1. The summed E-state index contributed by atoms with van der Waals surface area (Å²) in [7, 11) is 0. The Labute approximate surface area is 187 Å². The SMILES string of the molecule is CC1CC(C)CC(OC2CCC(C3CCC(OC4CC(C)CC(C)C4)CC3)CC2)C1. The fraction of sp³-hybridized carbons (Fsp3) is 1.00. The lowest BCUT2D eigenvalue weighted by atomic mass is 9.72. The molecule has 4 rings (SSSR count). The van der Waals surface area contributed by atoms with E-state index in [-0.39, 0.29) is 0 Å². The van der Waals surface area contributed by atoms with Crippen LogP contribution in [-0.4, -0.2) is 24.4 Å². The monoisotopic (exact) mass is 418 g/mol. The molecule has 174 valence electrons. The molecule has 0 aromatic heterocycles. The molecule has 0 radical (unpaired) electrons. The summed E-state index contributed by atoms with van der Waals surface area (Å²) in [5.74, 6) is 5.34. The third-order valence-electron chi connectivity index (χ3n) is 9.14. The van der Waals surface area contributed by atoms with E-state index in [0.717, 1.165) is 35.5 Å². The molecule has 0 aliphatic heterocycles. The van der Waals surface area contributed by atoms with Gasteiger partial charge in [0.15, 0.2) is 0 Å². The van der Waals surface area contributed by atoms with Gasteiger partial charge in [0.05, 0.1) is 24.4 Å². The van der Waals surface area contributed by atoms with Crippen molar-refractivity contribution in [2.24, 2.45) is 35.5 Å². The summed E-state index contributed by atoms with van der Waals surface area (Å²) >= 11 is 0. The topological polar surface area (TPSA) is 18.5 Å². The molecule has 2 heteroatoms. The summed E-state index contributed by atoms with van der Waals surface area (Å²) in [4.78, 5) is 0. The second-order valence-electron chi connectivity index (χ2n) is 12.4. The Balaban J connectivity index is 1.14. The number of hydrogen-bond donors (Lipinski definition) is 0. The Morgan fingerprint density at radius 3 is 0.967 bits per heavy atom.